The Labute approximate surface area is 57.0 Å². The van der Waals surface area contributed by atoms with Crippen molar-refractivity contribution in [1.29, 1.82) is 0 Å². The Morgan fingerprint density at radius 3 is 3.40 bits per heavy atom. The Kier molecular flexibility index (Phi) is 0.560. The van der Waals surface area contributed by atoms with Gasteiger partial charge in [0.05, 0.1) is 5.27 Å². The van der Waals surface area contributed by atoms with E-state index in [0.717, 1.165) is 12.1 Å². The summed E-state index contributed by atoms with van der Waals surface area (Å²) in [6.45, 7) is 0. The van der Waals surface area contributed by atoms with Crippen LogP contribution in [0.25, 0.3) is 0 Å². The SMILES string of the molecule is [O-]c1on[n+]2c1CC1CC12. The first-order valence-electron chi connectivity index (χ1n) is 3.43. The molecule has 0 aromatic carbocycles. The van der Waals surface area contributed by atoms with E-state index < -0.39 is 0 Å². The molecule has 1 aliphatic heterocycles. The van der Waals surface area contributed by atoms with Crippen molar-refractivity contribution < 1.29 is 14.3 Å². The van der Waals surface area contributed by atoms with Crippen LogP contribution in [0.4, 0.5) is 0 Å². The monoisotopic (exact) mass is 138 g/mol. The lowest BCUT2D eigenvalue weighted by Gasteiger charge is -1.86. The van der Waals surface area contributed by atoms with Gasteiger partial charge in [-0.2, -0.15) is 0 Å². The fraction of sp³-hybridized carbons (Fsp3) is 0.667. The molecular weight excluding hydrogens is 132 g/mol. The molecule has 2 heterocycles. The van der Waals surface area contributed by atoms with Gasteiger partial charge in [-0.05, 0) is 0 Å². The van der Waals surface area contributed by atoms with E-state index in [1.165, 1.54) is 6.42 Å². The minimum atomic E-state index is -0.243. The Morgan fingerprint density at radius 2 is 2.60 bits per heavy atom. The van der Waals surface area contributed by atoms with Crippen LogP contribution in [0.3, 0.4) is 0 Å². The summed E-state index contributed by atoms with van der Waals surface area (Å²) in [4.78, 5) is 0. The molecule has 0 saturated heterocycles. The molecule has 0 N–H and O–H groups in total. The van der Waals surface area contributed by atoms with E-state index in [0.29, 0.717) is 12.0 Å². The van der Waals surface area contributed by atoms with Gasteiger partial charge in [-0.25, -0.2) is 0 Å². The predicted octanol–water partition coefficient (Wildman–Crippen LogP) is -0.847. The Morgan fingerprint density at radius 1 is 1.70 bits per heavy atom. The molecule has 52 valence electrons. The summed E-state index contributed by atoms with van der Waals surface area (Å²) in [5, 5.41) is 14.5. The third-order valence-corrected chi connectivity index (χ3v) is 2.38. The van der Waals surface area contributed by atoms with Crippen molar-refractivity contribution in [2.45, 2.75) is 18.9 Å². The fourth-order valence-corrected chi connectivity index (χ4v) is 1.71. The number of aromatic nitrogens is 2. The molecule has 4 heteroatoms. The number of hydrogen-bond donors (Lipinski definition) is 0. The standard InChI is InChI=1S/C6H6N2O2/c9-6-5-2-3-1-4(3)8(5)7-10-6/h3-4H,1-2H2. The maximum Gasteiger partial charge on any atom is 0.234 e. The van der Waals surface area contributed by atoms with Crippen LogP contribution >= 0.6 is 0 Å². The summed E-state index contributed by atoms with van der Waals surface area (Å²) in [6, 6.07) is 0.501. The molecule has 0 amide bonds. The van der Waals surface area contributed by atoms with Crippen LogP contribution in [0.1, 0.15) is 18.2 Å². The first kappa shape index (κ1) is 4.71. The molecule has 0 spiro atoms. The first-order valence-corrected chi connectivity index (χ1v) is 3.43. The summed E-state index contributed by atoms with van der Waals surface area (Å²) < 4.78 is 6.23. The maximum absolute atomic E-state index is 10.8. The zero-order valence-corrected chi connectivity index (χ0v) is 5.28. The normalized spacial score (nSPS) is 33.6. The lowest BCUT2D eigenvalue weighted by Crippen LogP contribution is -2.34. The van der Waals surface area contributed by atoms with Gasteiger partial charge in [-0.15, -0.1) is 0 Å². The second-order valence-corrected chi connectivity index (χ2v) is 3.02. The highest BCUT2D eigenvalue weighted by atomic mass is 16.6. The van der Waals surface area contributed by atoms with Crippen LogP contribution in [0.5, 0.6) is 5.95 Å². The molecule has 0 bridgehead atoms. The molecule has 2 aliphatic rings. The second-order valence-electron chi connectivity index (χ2n) is 3.02. The molecule has 3 rings (SSSR count). The topological polar surface area (TPSA) is 53.0 Å². The molecule has 2 atom stereocenters. The zero-order valence-electron chi connectivity index (χ0n) is 5.28. The van der Waals surface area contributed by atoms with Crippen molar-refractivity contribution in [2.75, 3.05) is 0 Å². The van der Waals surface area contributed by atoms with Gasteiger partial charge in [0.25, 0.3) is 0 Å². The Hall–Kier alpha value is -1.06. The molecule has 1 aromatic rings. The molecule has 2 unspecified atom stereocenters. The van der Waals surface area contributed by atoms with Gasteiger partial charge in [-0.3, -0.25) is 0 Å². The minimum Gasteiger partial charge on any atom is -0.539 e. The third-order valence-electron chi connectivity index (χ3n) is 2.38. The van der Waals surface area contributed by atoms with Crippen LogP contribution in [0, 0.1) is 5.92 Å². The molecular formula is C6H6N2O2. The van der Waals surface area contributed by atoms with Gasteiger partial charge >= 0.3 is 0 Å². The van der Waals surface area contributed by atoms with Crippen LogP contribution < -0.4 is 9.79 Å². The van der Waals surface area contributed by atoms with Crippen LogP contribution in [-0.4, -0.2) is 5.27 Å². The molecule has 0 radical (unpaired) electrons. The number of hydrogen-bond acceptors (Lipinski definition) is 3. The largest absolute Gasteiger partial charge is 0.539 e. The van der Waals surface area contributed by atoms with Gasteiger partial charge in [-0.1, -0.05) is 4.68 Å². The average molecular weight is 138 g/mol. The lowest BCUT2D eigenvalue weighted by molar-refractivity contribution is -0.764. The quantitative estimate of drug-likeness (QED) is 0.439. The van der Waals surface area contributed by atoms with Crippen LogP contribution in [0.15, 0.2) is 4.52 Å². The lowest BCUT2D eigenvalue weighted by atomic mass is 10.3. The molecule has 4 nitrogen and oxygen atoms in total. The summed E-state index contributed by atoms with van der Waals surface area (Å²) in [5.41, 5.74) is 0.765. The molecule has 1 saturated carbocycles. The van der Waals surface area contributed by atoms with Crippen LogP contribution in [0.2, 0.25) is 0 Å². The Bertz CT molecular complexity index is 294. The summed E-state index contributed by atoms with van der Waals surface area (Å²) in [7, 11) is 0. The van der Waals surface area contributed by atoms with Crippen molar-refractivity contribution in [2.24, 2.45) is 5.92 Å². The molecule has 10 heavy (non-hydrogen) atoms. The minimum absolute atomic E-state index is 0.243. The Balaban J connectivity index is 2.24. The van der Waals surface area contributed by atoms with E-state index in [4.69, 9.17) is 0 Å². The highest BCUT2D eigenvalue weighted by Gasteiger charge is 2.56. The predicted molar refractivity (Wildman–Crippen MR) is 27.0 cm³/mol. The molecule has 1 fully saturated rings. The van der Waals surface area contributed by atoms with Crippen LogP contribution in [-0.2, 0) is 6.42 Å². The van der Waals surface area contributed by atoms with E-state index in [-0.39, 0.29) is 5.95 Å². The van der Waals surface area contributed by atoms with E-state index in [2.05, 4.69) is 9.79 Å². The van der Waals surface area contributed by atoms with Gasteiger partial charge in [0, 0.05) is 18.8 Å². The number of nitrogens with zero attached hydrogens (tertiary/aromatic N) is 2. The zero-order chi connectivity index (χ0) is 6.72. The fourth-order valence-electron chi connectivity index (χ4n) is 1.71. The highest BCUT2D eigenvalue weighted by Crippen LogP contribution is 2.46. The average Bonchev–Trinajstić information content (AvgIpc) is 2.46. The van der Waals surface area contributed by atoms with Crippen molar-refractivity contribution in [1.82, 2.24) is 5.27 Å². The number of rotatable bonds is 0. The highest BCUT2D eigenvalue weighted by molar-refractivity contribution is 5.11. The third kappa shape index (κ3) is 0.364. The number of fused-ring (bicyclic) bond motifs is 3. The maximum atomic E-state index is 10.8. The molecule has 1 aromatic heterocycles. The van der Waals surface area contributed by atoms with E-state index >= 15 is 0 Å². The summed E-state index contributed by atoms with van der Waals surface area (Å²) in [5.74, 6) is 0.457. The van der Waals surface area contributed by atoms with E-state index in [1.807, 2.05) is 0 Å². The second kappa shape index (κ2) is 1.19. The van der Waals surface area contributed by atoms with E-state index in [9.17, 15) is 5.11 Å². The molecule has 1 aliphatic carbocycles. The van der Waals surface area contributed by atoms with Gasteiger partial charge in [0.15, 0.2) is 12.0 Å². The van der Waals surface area contributed by atoms with Crippen molar-refractivity contribution in [3.05, 3.63) is 5.69 Å². The van der Waals surface area contributed by atoms with E-state index in [1.54, 1.807) is 4.68 Å². The van der Waals surface area contributed by atoms with Gasteiger partial charge in [0.1, 0.15) is 0 Å². The van der Waals surface area contributed by atoms with Crippen molar-refractivity contribution in [3.63, 3.8) is 0 Å². The van der Waals surface area contributed by atoms with Gasteiger partial charge in [0.2, 0.25) is 5.69 Å². The smallest absolute Gasteiger partial charge is 0.234 e. The summed E-state index contributed by atoms with van der Waals surface area (Å²) >= 11 is 0. The van der Waals surface area contributed by atoms with Crippen molar-refractivity contribution >= 4 is 0 Å². The van der Waals surface area contributed by atoms with Gasteiger partial charge < -0.3 is 9.63 Å². The van der Waals surface area contributed by atoms with Crippen molar-refractivity contribution in [3.8, 4) is 5.95 Å². The first-order chi connectivity index (χ1) is 4.86. The summed E-state index contributed by atoms with van der Waals surface area (Å²) in [6.07, 6.45) is 2.07.